The topological polar surface area (TPSA) is 76.7 Å². The van der Waals surface area contributed by atoms with Crippen LogP contribution < -0.4 is 20.1 Å². The first-order valence-electron chi connectivity index (χ1n) is 7.79. The van der Waals surface area contributed by atoms with E-state index in [1.165, 1.54) is 22.7 Å². The summed E-state index contributed by atoms with van der Waals surface area (Å²) in [5.74, 6) is 1.28. The molecule has 8 heteroatoms. The Morgan fingerprint density at radius 2 is 1.96 bits per heavy atom. The van der Waals surface area contributed by atoms with Crippen LogP contribution in [0.5, 0.6) is 11.5 Å². The number of anilines is 1. The predicted octanol–water partition coefficient (Wildman–Crippen LogP) is 4.09. The van der Waals surface area contributed by atoms with Gasteiger partial charge in [-0.05, 0) is 35.7 Å². The summed E-state index contributed by atoms with van der Waals surface area (Å²) in [6.45, 7) is 0.535. The molecule has 0 saturated carbocycles. The Labute approximate surface area is 157 Å². The summed E-state index contributed by atoms with van der Waals surface area (Å²) in [5, 5.41) is 9.24. The molecule has 0 radical (unpaired) electrons. The Hall–Kier alpha value is -2.84. The summed E-state index contributed by atoms with van der Waals surface area (Å²) in [6.07, 6.45) is 0. The summed E-state index contributed by atoms with van der Waals surface area (Å²) in [5.41, 5.74) is 1.31. The first-order valence-corrected chi connectivity index (χ1v) is 9.55. The van der Waals surface area contributed by atoms with Crippen LogP contribution in [0.1, 0.15) is 20.1 Å². The Kier molecular flexibility index (Phi) is 4.59. The van der Waals surface area contributed by atoms with Crippen LogP contribution in [0, 0.1) is 0 Å². The van der Waals surface area contributed by atoms with Crippen LogP contribution in [0.4, 0.5) is 10.5 Å². The first kappa shape index (κ1) is 16.6. The standard InChI is InChI=1S/C18H14N2O4S2/c21-17(11-5-6-25-9-11)16-4-2-13(26-16)8-19-18(22)20-12-1-3-14-15(7-12)24-10-23-14/h1-7,9H,8,10H2,(H2,19,20,22). The molecule has 1 aliphatic rings. The molecular formula is C18H14N2O4S2. The fourth-order valence-corrected chi connectivity index (χ4v) is 3.99. The van der Waals surface area contributed by atoms with Crippen molar-refractivity contribution in [2.24, 2.45) is 0 Å². The molecule has 1 aromatic carbocycles. The fourth-order valence-electron chi connectivity index (χ4n) is 2.45. The van der Waals surface area contributed by atoms with Crippen molar-refractivity contribution >= 4 is 40.2 Å². The molecular weight excluding hydrogens is 372 g/mol. The van der Waals surface area contributed by atoms with Gasteiger partial charge in [0.2, 0.25) is 12.6 Å². The fraction of sp³-hybridized carbons (Fsp3) is 0.111. The molecule has 0 unspecified atom stereocenters. The second kappa shape index (κ2) is 7.19. The van der Waals surface area contributed by atoms with Gasteiger partial charge in [0, 0.05) is 27.6 Å². The number of benzene rings is 1. The molecule has 26 heavy (non-hydrogen) atoms. The van der Waals surface area contributed by atoms with Crippen LogP contribution in [-0.4, -0.2) is 18.6 Å². The molecule has 0 saturated heterocycles. The van der Waals surface area contributed by atoms with Crippen molar-refractivity contribution in [2.45, 2.75) is 6.54 Å². The molecule has 0 fully saturated rings. The van der Waals surface area contributed by atoms with E-state index in [0.29, 0.717) is 34.2 Å². The molecule has 3 aromatic rings. The van der Waals surface area contributed by atoms with E-state index in [2.05, 4.69) is 10.6 Å². The largest absolute Gasteiger partial charge is 0.454 e. The Morgan fingerprint density at radius 3 is 2.81 bits per heavy atom. The van der Waals surface area contributed by atoms with Gasteiger partial charge in [-0.1, -0.05) is 0 Å². The van der Waals surface area contributed by atoms with Gasteiger partial charge < -0.3 is 20.1 Å². The van der Waals surface area contributed by atoms with Crippen molar-refractivity contribution in [1.82, 2.24) is 5.32 Å². The lowest BCUT2D eigenvalue weighted by atomic mass is 10.2. The molecule has 0 bridgehead atoms. The van der Waals surface area contributed by atoms with Gasteiger partial charge >= 0.3 is 6.03 Å². The smallest absolute Gasteiger partial charge is 0.319 e. The quantitative estimate of drug-likeness (QED) is 0.648. The average Bonchev–Trinajstić information content (AvgIpc) is 3.40. The first-order chi connectivity index (χ1) is 12.7. The van der Waals surface area contributed by atoms with Crippen molar-refractivity contribution in [2.75, 3.05) is 12.1 Å². The molecule has 4 rings (SSSR count). The highest BCUT2D eigenvalue weighted by Gasteiger charge is 2.15. The second-order valence-electron chi connectivity index (χ2n) is 5.48. The molecule has 2 N–H and O–H groups in total. The number of rotatable bonds is 5. The van der Waals surface area contributed by atoms with Crippen LogP contribution in [0.15, 0.2) is 47.2 Å². The number of amides is 2. The van der Waals surface area contributed by atoms with Crippen molar-refractivity contribution < 1.29 is 19.1 Å². The van der Waals surface area contributed by atoms with Crippen molar-refractivity contribution in [1.29, 1.82) is 0 Å². The number of thiophene rings is 2. The van der Waals surface area contributed by atoms with Crippen LogP contribution >= 0.6 is 22.7 Å². The van der Waals surface area contributed by atoms with Gasteiger partial charge in [0.25, 0.3) is 0 Å². The lowest BCUT2D eigenvalue weighted by Crippen LogP contribution is -2.27. The minimum absolute atomic E-state index is 0.00677. The van der Waals surface area contributed by atoms with Gasteiger partial charge in [0.1, 0.15) is 0 Å². The molecule has 0 spiro atoms. The van der Waals surface area contributed by atoms with E-state index >= 15 is 0 Å². The van der Waals surface area contributed by atoms with Crippen LogP contribution in [0.25, 0.3) is 0 Å². The maximum Gasteiger partial charge on any atom is 0.319 e. The maximum absolute atomic E-state index is 12.3. The zero-order valence-electron chi connectivity index (χ0n) is 13.5. The monoisotopic (exact) mass is 386 g/mol. The highest BCUT2D eigenvalue weighted by atomic mass is 32.1. The van der Waals surface area contributed by atoms with Crippen molar-refractivity contribution in [3.63, 3.8) is 0 Å². The van der Waals surface area contributed by atoms with E-state index in [9.17, 15) is 9.59 Å². The number of nitrogens with one attached hydrogen (secondary N) is 2. The molecule has 132 valence electrons. The zero-order chi connectivity index (χ0) is 17.9. The Morgan fingerprint density at radius 1 is 1.08 bits per heavy atom. The van der Waals surface area contributed by atoms with Gasteiger partial charge in [0.15, 0.2) is 11.5 Å². The summed E-state index contributed by atoms with van der Waals surface area (Å²) in [7, 11) is 0. The summed E-state index contributed by atoms with van der Waals surface area (Å²) in [4.78, 5) is 25.9. The number of carbonyl (C=O) groups excluding carboxylic acids is 2. The van der Waals surface area contributed by atoms with Gasteiger partial charge in [0.05, 0.1) is 11.4 Å². The van der Waals surface area contributed by atoms with Crippen LogP contribution in [0.3, 0.4) is 0 Å². The third-order valence-electron chi connectivity index (χ3n) is 3.72. The Balaban J connectivity index is 1.33. The highest BCUT2D eigenvalue weighted by molar-refractivity contribution is 7.14. The molecule has 0 aliphatic carbocycles. The van der Waals surface area contributed by atoms with Gasteiger partial charge in [-0.2, -0.15) is 11.3 Å². The van der Waals surface area contributed by atoms with Crippen LogP contribution in [0.2, 0.25) is 0 Å². The summed E-state index contributed by atoms with van der Waals surface area (Å²) < 4.78 is 10.5. The number of ether oxygens (including phenoxy) is 2. The van der Waals surface area contributed by atoms with E-state index in [1.54, 1.807) is 24.3 Å². The molecule has 0 atom stereocenters. The lowest BCUT2D eigenvalue weighted by Gasteiger charge is -2.07. The van der Waals surface area contributed by atoms with E-state index in [1.807, 2.05) is 22.9 Å². The third kappa shape index (κ3) is 3.56. The van der Waals surface area contributed by atoms with E-state index in [0.717, 1.165) is 4.88 Å². The van der Waals surface area contributed by atoms with Gasteiger partial charge in [-0.3, -0.25) is 4.79 Å². The number of fused-ring (bicyclic) bond motifs is 1. The average molecular weight is 386 g/mol. The van der Waals surface area contributed by atoms with E-state index in [4.69, 9.17) is 9.47 Å². The minimum atomic E-state index is -0.331. The zero-order valence-corrected chi connectivity index (χ0v) is 15.1. The van der Waals surface area contributed by atoms with Crippen molar-refractivity contribution in [3.05, 3.63) is 62.5 Å². The lowest BCUT2D eigenvalue weighted by molar-refractivity contribution is 0.104. The van der Waals surface area contributed by atoms with E-state index in [-0.39, 0.29) is 18.6 Å². The summed E-state index contributed by atoms with van der Waals surface area (Å²) >= 11 is 2.87. The summed E-state index contributed by atoms with van der Waals surface area (Å²) in [6, 6.07) is 10.3. The van der Waals surface area contributed by atoms with Gasteiger partial charge in [-0.25, -0.2) is 4.79 Å². The normalized spacial score (nSPS) is 12.0. The number of ketones is 1. The number of carbonyl (C=O) groups is 2. The molecule has 2 amide bonds. The second-order valence-corrected chi connectivity index (χ2v) is 7.43. The van der Waals surface area contributed by atoms with E-state index < -0.39 is 0 Å². The number of hydrogen-bond donors (Lipinski definition) is 2. The number of urea groups is 1. The minimum Gasteiger partial charge on any atom is -0.454 e. The van der Waals surface area contributed by atoms with Crippen molar-refractivity contribution in [3.8, 4) is 11.5 Å². The predicted molar refractivity (Wildman–Crippen MR) is 100 cm³/mol. The Bertz CT molecular complexity index is 950. The van der Waals surface area contributed by atoms with Crippen LogP contribution in [-0.2, 0) is 6.54 Å². The highest BCUT2D eigenvalue weighted by Crippen LogP contribution is 2.34. The molecule has 6 nitrogen and oxygen atoms in total. The maximum atomic E-state index is 12.3. The van der Waals surface area contributed by atoms with Gasteiger partial charge in [-0.15, -0.1) is 11.3 Å². The third-order valence-corrected chi connectivity index (χ3v) is 5.49. The molecule has 1 aliphatic heterocycles. The number of hydrogen-bond acceptors (Lipinski definition) is 6. The molecule has 3 heterocycles. The molecule has 2 aromatic heterocycles. The SMILES string of the molecule is O=C(NCc1ccc(C(=O)c2ccsc2)s1)Nc1ccc2c(c1)OCO2.